The van der Waals surface area contributed by atoms with Gasteiger partial charge in [0.2, 0.25) is 0 Å². The Kier molecular flexibility index (Phi) is 4.06. The molecule has 1 unspecified atom stereocenters. The monoisotopic (exact) mass is 252 g/mol. The number of benzene rings is 2. The number of nitriles is 1. The molecular formula is C15H12N2O2. The molecule has 1 atom stereocenters. The number of hydrogen-bond donors (Lipinski definition) is 2. The van der Waals surface area contributed by atoms with Crippen LogP contribution in [0, 0.1) is 16.5 Å². The van der Waals surface area contributed by atoms with Crippen molar-refractivity contribution >= 4 is 17.3 Å². The van der Waals surface area contributed by atoms with E-state index >= 15 is 0 Å². The zero-order chi connectivity index (χ0) is 13.7. The number of hydrogen-bond acceptors (Lipinski definition) is 3. The summed E-state index contributed by atoms with van der Waals surface area (Å²) in [6.45, 7) is 0. The summed E-state index contributed by atoms with van der Waals surface area (Å²) in [4.78, 5) is 0. The third-order valence-electron chi connectivity index (χ3n) is 2.70. The van der Waals surface area contributed by atoms with Gasteiger partial charge in [-0.25, -0.2) is 5.21 Å². The fraction of sp³-hybridized carbons (Fsp3) is 0. The van der Waals surface area contributed by atoms with E-state index in [9.17, 15) is 10.5 Å². The van der Waals surface area contributed by atoms with Crippen molar-refractivity contribution in [2.24, 2.45) is 0 Å². The molecule has 2 aromatic rings. The molecule has 0 radical (unpaired) electrons. The summed E-state index contributed by atoms with van der Waals surface area (Å²) < 4.78 is 0. The highest BCUT2D eigenvalue weighted by molar-refractivity contribution is 5.91. The Morgan fingerprint density at radius 2 is 1.74 bits per heavy atom. The minimum absolute atomic E-state index is 0.186. The third kappa shape index (κ3) is 3.06. The quantitative estimate of drug-likeness (QED) is 0.499. The fourth-order valence-corrected chi connectivity index (χ4v) is 1.77. The van der Waals surface area contributed by atoms with E-state index in [0.717, 1.165) is 5.56 Å². The molecule has 2 rings (SSSR count). The van der Waals surface area contributed by atoms with Crippen molar-refractivity contribution in [3.63, 3.8) is 0 Å². The zero-order valence-electron chi connectivity index (χ0n) is 10.1. The minimum atomic E-state index is -1.00. The summed E-state index contributed by atoms with van der Waals surface area (Å²) in [5, 5.41) is 28.4. The molecule has 0 saturated heterocycles. The van der Waals surface area contributed by atoms with Gasteiger partial charge >= 0.3 is 0 Å². The Morgan fingerprint density at radius 1 is 1.11 bits per heavy atom. The lowest BCUT2D eigenvalue weighted by atomic mass is 10.0. The van der Waals surface area contributed by atoms with Gasteiger partial charge in [-0.2, -0.15) is 10.5 Å². The molecule has 0 bridgehead atoms. The molecule has 0 fully saturated rings. The van der Waals surface area contributed by atoms with Crippen molar-refractivity contribution in [3.8, 4) is 6.07 Å². The van der Waals surface area contributed by atoms with E-state index in [-0.39, 0.29) is 5.69 Å². The smallest absolute Gasteiger partial charge is 0.171 e. The first-order valence-corrected chi connectivity index (χ1v) is 5.72. The fourth-order valence-electron chi connectivity index (χ4n) is 1.77. The van der Waals surface area contributed by atoms with Gasteiger partial charge in [-0.1, -0.05) is 42.5 Å². The summed E-state index contributed by atoms with van der Waals surface area (Å²) >= 11 is 0. The van der Waals surface area contributed by atoms with Crippen LogP contribution in [0.3, 0.4) is 0 Å². The van der Waals surface area contributed by atoms with Gasteiger partial charge in [0, 0.05) is 11.6 Å². The first-order chi connectivity index (χ1) is 9.22. The van der Waals surface area contributed by atoms with Crippen molar-refractivity contribution in [3.05, 3.63) is 70.9 Å². The topological polar surface area (TPSA) is 71.5 Å². The van der Waals surface area contributed by atoms with E-state index in [0.29, 0.717) is 11.1 Å². The van der Waals surface area contributed by atoms with Crippen LogP contribution in [0.5, 0.6) is 0 Å². The number of nitrogens with zero attached hydrogens (tertiary/aromatic N) is 1. The van der Waals surface area contributed by atoms with Gasteiger partial charge in [-0.3, -0.25) is 0 Å². The highest BCUT2D eigenvalue weighted by Gasteiger charge is 2.07. The van der Waals surface area contributed by atoms with Crippen LogP contribution in [-0.2, 0) is 0 Å². The molecule has 0 amide bonds. The standard InChI is InChI=1S/C15H12N2O2/c16-11-14(12-6-2-1-3-7-12)10-13-8-4-5-9-15(13)17(18)19/h1-10,17-18H/b14-10-. The maximum Gasteiger partial charge on any atom is 0.171 e. The van der Waals surface area contributed by atoms with Crippen molar-refractivity contribution in [1.82, 2.24) is 0 Å². The van der Waals surface area contributed by atoms with E-state index in [1.807, 2.05) is 30.3 Å². The molecule has 0 aliphatic carbocycles. The Hall–Kier alpha value is -2.45. The van der Waals surface area contributed by atoms with Crippen LogP contribution in [0.25, 0.3) is 11.6 Å². The van der Waals surface area contributed by atoms with E-state index in [4.69, 9.17) is 5.21 Å². The maximum absolute atomic E-state index is 11.1. The molecule has 0 aliphatic rings. The van der Waals surface area contributed by atoms with E-state index < -0.39 is 5.23 Å². The van der Waals surface area contributed by atoms with Crippen molar-refractivity contribution < 1.29 is 10.4 Å². The van der Waals surface area contributed by atoms with Gasteiger partial charge in [-0.15, -0.1) is 0 Å². The summed E-state index contributed by atoms with van der Waals surface area (Å²) in [5.41, 5.74) is 1.92. The van der Waals surface area contributed by atoms with Gasteiger partial charge in [0.25, 0.3) is 0 Å². The molecule has 0 saturated carbocycles. The van der Waals surface area contributed by atoms with Crippen LogP contribution in [0.4, 0.5) is 5.69 Å². The van der Waals surface area contributed by atoms with Gasteiger partial charge in [0.15, 0.2) is 5.69 Å². The Bertz CT molecular complexity index is 628. The summed E-state index contributed by atoms with van der Waals surface area (Å²) in [6, 6.07) is 17.9. The molecule has 2 N–H and O–H groups in total. The average Bonchev–Trinajstić information content (AvgIpc) is 2.46. The Balaban J connectivity index is 2.48. The second kappa shape index (κ2) is 5.94. The summed E-state index contributed by atoms with van der Waals surface area (Å²) in [7, 11) is 0. The molecule has 4 heteroatoms. The van der Waals surface area contributed by atoms with Gasteiger partial charge in [0.05, 0.1) is 11.6 Å². The normalized spacial score (nSPS) is 12.8. The van der Waals surface area contributed by atoms with Crippen LogP contribution in [0.15, 0.2) is 54.6 Å². The summed E-state index contributed by atoms with van der Waals surface area (Å²) in [6.07, 6.45) is 1.60. The lowest BCUT2D eigenvalue weighted by Crippen LogP contribution is -2.99. The van der Waals surface area contributed by atoms with E-state index in [2.05, 4.69) is 6.07 Å². The Labute approximate surface area is 111 Å². The van der Waals surface area contributed by atoms with Gasteiger partial charge in [-0.05, 0) is 17.7 Å². The lowest BCUT2D eigenvalue weighted by Gasteiger charge is -2.13. The summed E-state index contributed by atoms with van der Waals surface area (Å²) in [5.74, 6) is 0. The van der Waals surface area contributed by atoms with E-state index in [1.54, 1.807) is 24.3 Å². The predicted octanol–water partition coefficient (Wildman–Crippen LogP) is 2.15. The first-order valence-electron chi connectivity index (χ1n) is 5.72. The highest BCUT2D eigenvalue weighted by Crippen LogP contribution is 2.20. The van der Waals surface area contributed by atoms with Crippen LogP contribution in [0.1, 0.15) is 11.1 Å². The number of allylic oxidation sites excluding steroid dienone is 1. The Morgan fingerprint density at radius 3 is 2.37 bits per heavy atom. The molecule has 0 heterocycles. The second-order valence-corrected chi connectivity index (χ2v) is 3.93. The highest BCUT2D eigenvalue weighted by atomic mass is 16.8. The number of para-hydroxylation sites is 1. The van der Waals surface area contributed by atoms with E-state index in [1.165, 1.54) is 6.07 Å². The largest absolute Gasteiger partial charge is 0.595 e. The number of nitrogens with one attached hydrogen (secondary N) is 1. The molecule has 2 aromatic carbocycles. The second-order valence-electron chi connectivity index (χ2n) is 3.93. The SMILES string of the molecule is N#C/C(=C/c1ccccc1[NH+]([O-])O)c1ccccc1. The zero-order valence-corrected chi connectivity index (χ0v) is 10.1. The predicted molar refractivity (Wildman–Crippen MR) is 72.1 cm³/mol. The number of quaternary nitrogens is 1. The molecule has 0 aromatic heterocycles. The first kappa shape index (κ1) is 13.0. The maximum atomic E-state index is 11.1. The van der Waals surface area contributed by atoms with Gasteiger partial charge < -0.3 is 5.21 Å². The van der Waals surface area contributed by atoms with Crippen molar-refractivity contribution in [2.45, 2.75) is 0 Å². The molecule has 4 nitrogen and oxygen atoms in total. The van der Waals surface area contributed by atoms with Crippen molar-refractivity contribution in [1.29, 1.82) is 5.26 Å². The number of rotatable bonds is 3. The molecule has 19 heavy (non-hydrogen) atoms. The van der Waals surface area contributed by atoms with Crippen LogP contribution in [-0.4, -0.2) is 5.21 Å². The van der Waals surface area contributed by atoms with Crippen LogP contribution < -0.4 is 5.23 Å². The molecule has 0 spiro atoms. The van der Waals surface area contributed by atoms with Crippen LogP contribution >= 0.6 is 0 Å². The molecule has 94 valence electrons. The van der Waals surface area contributed by atoms with Gasteiger partial charge in [0.1, 0.15) is 0 Å². The lowest BCUT2D eigenvalue weighted by molar-refractivity contribution is -0.991. The van der Waals surface area contributed by atoms with Crippen molar-refractivity contribution in [2.75, 3.05) is 0 Å². The molecule has 0 aliphatic heterocycles. The average molecular weight is 252 g/mol. The minimum Gasteiger partial charge on any atom is -0.595 e. The molecular weight excluding hydrogens is 240 g/mol. The van der Waals surface area contributed by atoms with Crippen LogP contribution in [0.2, 0.25) is 0 Å². The third-order valence-corrected chi connectivity index (χ3v) is 2.70.